The van der Waals surface area contributed by atoms with Crippen LogP contribution in [0.5, 0.6) is 0 Å². The molecular formula is C7H8N4O4. The first-order chi connectivity index (χ1) is 7.11. The molecule has 0 spiro atoms. The van der Waals surface area contributed by atoms with Crippen molar-refractivity contribution in [1.82, 2.24) is 4.73 Å². The van der Waals surface area contributed by atoms with Crippen molar-refractivity contribution in [3.05, 3.63) is 38.3 Å². The summed E-state index contributed by atoms with van der Waals surface area (Å²) in [5, 5.41) is 25.2. The van der Waals surface area contributed by atoms with Gasteiger partial charge < -0.3 is 5.21 Å². The molecule has 0 unspecified atom stereocenters. The van der Waals surface area contributed by atoms with E-state index in [4.69, 9.17) is 0 Å². The van der Waals surface area contributed by atoms with Crippen molar-refractivity contribution in [1.29, 1.82) is 0 Å². The zero-order valence-corrected chi connectivity index (χ0v) is 7.82. The third kappa shape index (κ3) is 1.98. The van der Waals surface area contributed by atoms with Crippen molar-refractivity contribution in [2.45, 2.75) is 13.3 Å². The van der Waals surface area contributed by atoms with E-state index in [-0.39, 0.29) is 23.2 Å². The van der Waals surface area contributed by atoms with Gasteiger partial charge in [0.25, 0.3) is 5.69 Å². The Labute approximate surface area is 83.6 Å². The Morgan fingerprint density at radius 2 is 2.33 bits per heavy atom. The molecule has 0 bridgehead atoms. The van der Waals surface area contributed by atoms with E-state index < -0.39 is 4.92 Å². The molecule has 0 atom stereocenters. The van der Waals surface area contributed by atoms with Crippen LogP contribution < -0.4 is 5.49 Å². The van der Waals surface area contributed by atoms with Crippen molar-refractivity contribution in [2.75, 3.05) is 0 Å². The van der Waals surface area contributed by atoms with Gasteiger partial charge in [-0.2, -0.15) is 4.73 Å². The van der Waals surface area contributed by atoms with Gasteiger partial charge in [-0.15, -0.1) is 4.91 Å². The average Bonchev–Trinajstić information content (AvgIpc) is 2.20. The quantitative estimate of drug-likeness (QED) is 0.345. The van der Waals surface area contributed by atoms with E-state index in [1.165, 1.54) is 0 Å². The minimum Gasteiger partial charge on any atom is -0.427 e. The highest BCUT2D eigenvalue weighted by atomic mass is 16.6. The molecule has 8 nitrogen and oxygen atoms in total. The minimum absolute atomic E-state index is 0.157. The van der Waals surface area contributed by atoms with Gasteiger partial charge in [-0.1, -0.05) is 12.0 Å². The summed E-state index contributed by atoms with van der Waals surface area (Å²) in [5.74, 6) is 0. The number of aromatic nitrogens is 1. The number of nitro groups is 1. The van der Waals surface area contributed by atoms with Gasteiger partial charge in [0.15, 0.2) is 0 Å². The summed E-state index contributed by atoms with van der Waals surface area (Å²) >= 11 is 0. The zero-order valence-electron chi connectivity index (χ0n) is 7.82. The third-order valence-electron chi connectivity index (χ3n) is 1.86. The third-order valence-corrected chi connectivity index (χ3v) is 1.86. The average molecular weight is 212 g/mol. The molecule has 0 saturated carbocycles. The molecule has 1 aromatic heterocycles. The molecule has 0 fully saturated rings. The lowest BCUT2D eigenvalue weighted by Crippen LogP contribution is -2.23. The Bertz CT molecular complexity index is 465. The molecule has 0 amide bonds. The molecule has 0 aliphatic rings. The highest BCUT2D eigenvalue weighted by Gasteiger charge is 2.16. The van der Waals surface area contributed by atoms with Crippen molar-refractivity contribution < 1.29 is 10.1 Å². The smallest absolute Gasteiger partial charge is 0.278 e. The molecule has 80 valence electrons. The van der Waals surface area contributed by atoms with Crippen LogP contribution in [0.25, 0.3) is 0 Å². The van der Waals surface area contributed by atoms with Crippen LogP contribution in [0.1, 0.15) is 12.5 Å². The van der Waals surface area contributed by atoms with Crippen LogP contribution in [-0.4, -0.2) is 14.9 Å². The Morgan fingerprint density at radius 1 is 1.67 bits per heavy atom. The van der Waals surface area contributed by atoms with Crippen LogP contribution in [-0.2, 0) is 6.42 Å². The van der Waals surface area contributed by atoms with Crippen LogP contribution in [0.3, 0.4) is 0 Å². The number of nitrogens with zero attached hydrogens (tertiary/aromatic N) is 4. The largest absolute Gasteiger partial charge is 0.427 e. The molecule has 0 aliphatic carbocycles. The van der Waals surface area contributed by atoms with E-state index in [1.54, 1.807) is 6.92 Å². The van der Waals surface area contributed by atoms with Crippen molar-refractivity contribution in [3.8, 4) is 0 Å². The monoisotopic (exact) mass is 212 g/mol. The fourth-order valence-electron chi connectivity index (χ4n) is 1.22. The topological polar surface area (TPSA) is 110 Å². The lowest BCUT2D eigenvalue weighted by Gasteiger charge is -2.02. The van der Waals surface area contributed by atoms with E-state index >= 15 is 0 Å². The van der Waals surface area contributed by atoms with Crippen molar-refractivity contribution in [3.63, 3.8) is 0 Å². The molecule has 15 heavy (non-hydrogen) atoms. The first kappa shape index (κ1) is 10.8. The maximum absolute atomic E-state index is 10.6. The van der Waals surface area contributed by atoms with Gasteiger partial charge in [0.2, 0.25) is 5.49 Å². The second kappa shape index (κ2) is 4.31. The van der Waals surface area contributed by atoms with E-state index in [1.807, 2.05) is 0 Å². The second-order valence-electron chi connectivity index (χ2n) is 2.64. The standard InChI is InChI=1S/C7H8N4O4/c1-2-5-6(11(14)15)3-4-10(13)7(5)8-9-12/h3-4,13H,2H2,1H3/b8-7-. The lowest BCUT2D eigenvalue weighted by molar-refractivity contribution is -0.385. The number of hydrogen-bond donors (Lipinski definition) is 1. The van der Waals surface area contributed by atoms with Gasteiger partial charge in [-0.3, -0.25) is 10.1 Å². The summed E-state index contributed by atoms with van der Waals surface area (Å²) in [6.07, 6.45) is 1.29. The highest BCUT2D eigenvalue weighted by Crippen LogP contribution is 2.13. The van der Waals surface area contributed by atoms with E-state index in [0.29, 0.717) is 4.73 Å². The van der Waals surface area contributed by atoms with Gasteiger partial charge in [-0.05, 0) is 6.42 Å². The summed E-state index contributed by atoms with van der Waals surface area (Å²) in [6, 6.07) is 1.13. The van der Waals surface area contributed by atoms with Crippen LogP contribution in [0.4, 0.5) is 5.69 Å². The first-order valence-electron chi connectivity index (χ1n) is 4.06. The van der Waals surface area contributed by atoms with Gasteiger partial charge in [0.1, 0.15) is 0 Å². The van der Waals surface area contributed by atoms with Crippen molar-refractivity contribution >= 4 is 5.69 Å². The molecule has 0 radical (unpaired) electrons. The van der Waals surface area contributed by atoms with Crippen molar-refractivity contribution in [2.24, 2.45) is 10.4 Å². The Morgan fingerprint density at radius 3 is 2.80 bits per heavy atom. The van der Waals surface area contributed by atoms with E-state index in [2.05, 4.69) is 10.4 Å². The number of hydrogen-bond acceptors (Lipinski definition) is 5. The summed E-state index contributed by atoms with van der Waals surface area (Å²) in [6.45, 7) is 1.64. The SMILES string of the molecule is CCc1c([N+](=O)[O-])ccn(O)/c1=N\N=O. The second-order valence-corrected chi connectivity index (χ2v) is 2.64. The predicted molar refractivity (Wildman–Crippen MR) is 49.0 cm³/mol. The van der Waals surface area contributed by atoms with Crippen LogP contribution in [0.15, 0.2) is 22.7 Å². The molecular weight excluding hydrogens is 204 g/mol. The Balaban J connectivity index is 3.62. The van der Waals surface area contributed by atoms with Gasteiger partial charge in [0, 0.05) is 6.07 Å². The maximum Gasteiger partial charge on any atom is 0.278 e. The summed E-state index contributed by atoms with van der Waals surface area (Å²) < 4.78 is 0.521. The summed E-state index contributed by atoms with van der Waals surface area (Å²) in [5.41, 5.74) is -0.267. The van der Waals surface area contributed by atoms with Gasteiger partial charge >= 0.3 is 0 Å². The first-order valence-corrected chi connectivity index (χ1v) is 4.06. The minimum atomic E-state index is -0.608. The van der Waals surface area contributed by atoms with Gasteiger partial charge in [-0.25, -0.2) is 0 Å². The number of rotatable bonds is 3. The lowest BCUT2D eigenvalue weighted by atomic mass is 10.2. The highest BCUT2D eigenvalue weighted by molar-refractivity contribution is 5.37. The normalized spacial score (nSPS) is 11.4. The summed E-state index contributed by atoms with van der Waals surface area (Å²) in [4.78, 5) is 20.0. The molecule has 1 rings (SSSR count). The van der Waals surface area contributed by atoms with Crippen LogP contribution >= 0.6 is 0 Å². The Hall–Kier alpha value is -2.25. The number of pyridine rings is 1. The van der Waals surface area contributed by atoms with E-state index in [0.717, 1.165) is 12.3 Å². The molecule has 0 saturated heterocycles. The molecule has 0 aliphatic heterocycles. The predicted octanol–water partition coefficient (Wildman–Crippen LogP) is 0.778. The maximum atomic E-state index is 10.6. The fourth-order valence-corrected chi connectivity index (χ4v) is 1.22. The zero-order chi connectivity index (χ0) is 11.4. The van der Waals surface area contributed by atoms with Crippen LogP contribution in [0.2, 0.25) is 0 Å². The molecule has 1 N–H and O–H groups in total. The molecule has 8 heteroatoms. The van der Waals surface area contributed by atoms with Gasteiger partial charge in [0.05, 0.1) is 22.0 Å². The number of nitroso groups, excluding NO2 is 1. The van der Waals surface area contributed by atoms with Crippen LogP contribution in [0, 0.1) is 15.0 Å². The summed E-state index contributed by atoms with van der Waals surface area (Å²) in [7, 11) is 0. The molecule has 0 aromatic carbocycles. The fraction of sp³-hybridized carbons (Fsp3) is 0.286. The van der Waals surface area contributed by atoms with E-state index in [9.17, 15) is 20.2 Å². The molecule has 1 aromatic rings. The Kier molecular flexibility index (Phi) is 3.11. The molecule has 1 heterocycles.